The Bertz CT molecular complexity index is 792. The minimum absolute atomic E-state index is 0.0435. The molecule has 0 spiro atoms. The van der Waals surface area contributed by atoms with Crippen LogP contribution in [0.15, 0.2) is 59.5 Å². The van der Waals surface area contributed by atoms with Crippen molar-refractivity contribution in [1.82, 2.24) is 10.0 Å². The van der Waals surface area contributed by atoms with Crippen LogP contribution in [-0.4, -0.2) is 34.0 Å². The maximum absolute atomic E-state index is 12.0. The van der Waals surface area contributed by atoms with Gasteiger partial charge in [0.05, 0.1) is 11.4 Å². The quantitative estimate of drug-likeness (QED) is 0.667. The summed E-state index contributed by atoms with van der Waals surface area (Å²) in [5.74, 6) is 0.522. The summed E-state index contributed by atoms with van der Waals surface area (Å²) in [7, 11) is -3.58. The van der Waals surface area contributed by atoms with Crippen LogP contribution in [0.1, 0.15) is 12.0 Å². The van der Waals surface area contributed by atoms with E-state index < -0.39 is 10.0 Å². The summed E-state index contributed by atoms with van der Waals surface area (Å²) in [6, 6.07) is 15.7. The average Bonchev–Trinajstić information content (AvgIpc) is 2.59. The Morgan fingerprint density at radius 3 is 2.52 bits per heavy atom. The lowest BCUT2D eigenvalue weighted by Gasteiger charge is -2.09. The Balaban J connectivity index is 1.64. The minimum atomic E-state index is -3.58. The summed E-state index contributed by atoms with van der Waals surface area (Å²) in [5, 5.41) is 2.69. The highest BCUT2D eigenvalue weighted by molar-refractivity contribution is 7.89. The molecule has 0 radical (unpaired) electrons. The molecule has 6 nitrogen and oxygen atoms in total. The first-order valence-electron chi connectivity index (χ1n) is 7.98. The summed E-state index contributed by atoms with van der Waals surface area (Å²) in [5.41, 5.74) is 1.10. The molecule has 0 aromatic heterocycles. The van der Waals surface area contributed by atoms with E-state index in [0.29, 0.717) is 13.2 Å². The van der Waals surface area contributed by atoms with Gasteiger partial charge in [-0.1, -0.05) is 30.3 Å². The molecule has 25 heavy (non-hydrogen) atoms. The predicted octanol–water partition coefficient (Wildman–Crippen LogP) is 1.86. The number of carbonyl (C=O) groups excluding carboxylic acids is 1. The SMILES string of the molecule is Cc1cccc(OCCNC(=O)CCNS(=O)(=O)c2ccccc2)c1. The fourth-order valence-corrected chi connectivity index (χ4v) is 3.19. The average molecular weight is 362 g/mol. The number of nitrogens with one attached hydrogen (secondary N) is 2. The molecule has 0 aliphatic rings. The maximum atomic E-state index is 12.0. The lowest BCUT2D eigenvalue weighted by atomic mass is 10.2. The summed E-state index contributed by atoms with van der Waals surface area (Å²) in [6.45, 7) is 2.73. The molecular formula is C18H22N2O4S. The van der Waals surface area contributed by atoms with Crippen molar-refractivity contribution in [1.29, 1.82) is 0 Å². The van der Waals surface area contributed by atoms with Gasteiger partial charge in [-0.05, 0) is 36.8 Å². The molecule has 0 fully saturated rings. The van der Waals surface area contributed by atoms with E-state index in [1.807, 2.05) is 31.2 Å². The summed E-state index contributed by atoms with van der Waals surface area (Å²) >= 11 is 0. The summed E-state index contributed by atoms with van der Waals surface area (Å²) in [4.78, 5) is 11.9. The second kappa shape index (κ2) is 9.19. The van der Waals surface area contributed by atoms with Gasteiger partial charge < -0.3 is 10.1 Å². The molecule has 0 heterocycles. The molecule has 0 saturated heterocycles. The minimum Gasteiger partial charge on any atom is -0.492 e. The molecule has 134 valence electrons. The number of benzene rings is 2. The Hall–Kier alpha value is -2.38. The molecule has 2 aromatic carbocycles. The molecule has 0 atom stereocenters. The fourth-order valence-electron chi connectivity index (χ4n) is 2.13. The maximum Gasteiger partial charge on any atom is 0.240 e. The topological polar surface area (TPSA) is 84.5 Å². The zero-order valence-corrected chi connectivity index (χ0v) is 14.9. The second-order valence-corrected chi connectivity index (χ2v) is 7.24. The lowest BCUT2D eigenvalue weighted by Crippen LogP contribution is -2.32. The van der Waals surface area contributed by atoms with Crippen LogP contribution >= 0.6 is 0 Å². The highest BCUT2D eigenvalue weighted by Crippen LogP contribution is 2.11. The Labute approximate surface area is 148 Å². The van der Waals surface area contributed by atoms with Gasteiger partial charge in [-0.3, -0.25) is 4.79 Å². The molecule has 7 heteroatoms. The zero-order chi connectivity index (χ0) is 18.1. The van der Waals surface area contributed by atoms with Crippen molar-refractivity contribution < 1.29 is 17.9 Å². The number of carbonyl (C=O) groups is 1. The largest absolute Gasteiger partial charge is 0.492 e. The van der Waals surface area contributed by atoms with E-state index in [1.165, 1.54) is 12.1 Å². The van der Waals surface area contributed by atoms with Crippen LogP contribution < -0.4 is 14.8 Å². The Kier molecular flexibility index (Phi) is 6.97. The number of hydrogen-bond donors (Lipinski definition) is 2. The van der Waals surface area contributed by atoms with Crippen LogP contribution in [0.4, 0.5) is 0 Å². The van der Waals surface area contributed by atoms with Crippen LogP contribution in [0, 0.1) is 6.92 Å². The number of hydrogen-bond acceptors (Lipinski definition) is 4. The van der Waals surface area contributed by atoms with Crippen molar-refractivity contribution >= 4 is 15.9 Å². The van der Waals surface area contributed by atoms with Gasteiger partial charge >= 0.3 is 0 Å². The Morgan fingerprint density at radius 2 is 1.80 bits per heavy atom. The van der Waals surface area contributed by atoms with E-state index in [2.05, 4.69) is 10.0 Å². The van der Waals surface area contributed by atoms with E-state index in [-0.39, 0.29) is 23.8 Å². The first-order chi connectivity index (χ1) is 12.0. The molecule has 0 saturated carbocycles. The van der Waals surface area contributed by atoms with Gasteiger partial charge in [0.25, 0.3) is 0 Å². The predicted molar refractivity (Wildman–Crippen MR) is 95.9 cm³/mol. The van der Waals surface area contributed by atoms with E-state index >= 15 is 0 Å². The number of rotatable bonds is 9. The third kappa shape index (κ3) is 6.56. The highest BCUT2D eigenvalue weighted by atomic mass is 32.2. The van der Waals surface area contributed by atoms with Crippen molar-refractivity contribution in [2.75, 3.05) is 19.7 Å². The standard InChI is InChI=1S/C18H22N2O4S/c1-15-6-5-7-16(14-15)24-13-12-19-18(21)10-11-20-25(22,23)17-8-3-2-4-9-17/h2-9,14,20H,10-13H2,1H3,(H,19,21). The van der Waals surface area contributed by atoms with Gasteiger partial charge in [-0.25, -0.2) is 13.1 Å². The van der Waals surface area contributed by atoms with Crippen molar-refractivity contribution in [3.05, 3.63) is 60.2 Å². The molecule has 0 bridgehead atoms. The van der Waals surface area contributed by atoms with Crippen LogP contribution in [-0.2, 0) is 14.8 Å². The lowest BCUT2D eigenvalue weighted by molar-refractivity contribution is -0.121. The van der Waals surface area contributed by atoms with Gasteiger partial charge in [0, 0.05) is 13.0 Å². The van der Waals surface area contributed by atoms with Crippen molar-refractivity contribution in [3.8, 4) is 5.75 Å². The number of amides is 1. The molecular weight excluding hydrogens is 340 g/mol. The smallest absolute Gasteiger partial charge is 0.240 e. The van der Waals surface area contributed by atoms with Crippen LogP contribution in [0.3, 0.4) is 0 Å². The van der Waals surface area contributed by atoms with E-state index in [0.717, 1.165) is 11.3 Å². The third-order valence-electron chi connectivity index (χ3n) is 3.38. The van der Waals surface area contributed by atoms with Crippen LogP contribution in [0.2, 0.25) is 0 Å². The number of ether oxygens (including phenoxy) is 1. The van der Waals surface area contributed by atoms with Gasteiger partial charge in [0.2, 0.25) is 15.9 Å². The first-order valence-corrected chi connectivity index (χ1v) is 9.46. The number of aryl methyl sites for hydroxylation is 1. The molecule has 2 N–H and O–H groups in total. The summed E-state index contributed by atoms with van der Waals surface area (Å²) < 4.78 is 31.9. The van der Waals surface area contributed by atoms with Gasteiger partial charge in [-0.15, -0.1) is 0 Å². The molecule has 2 rings (SSSR count). The monoisotopic (exact) mass is 362 g/mol. The molecule has 0 unspecified atom stereocenters. The van der Waals surface area contributed by atoms with Crippen molar-refractivity contribution in [2.45, 2.75) is 18.2 Å². The third-order valence-corrected chi connectivity index (χ3v) is 4.86. The molecule has 0 aliphatic heterocycles. The Morgan fingerprint density at radius 1 is 1.04 bits per heavy atom. The normalized spacial score (nSPS) is 11.1. The van der Waals surface area contributed by atoms with E-state index in [4.69, 9.17) is 4.74 Å². The van der Waals surface area contributed by atoms with E-state index in [1.54, 1.807) is 18.2 Å². The molecule has 0 aliphatic carbocycles. The van der Waals surface area contributed by atoms with Gasteiger partial charge in [0.15, 0.2) is 0 Å². The fraction of sp³-hybridized carbons (Fsp3) is 0.278. The van der Waals surface area contributed by atoms with Gasteiger partial charge in [-0.2, -0.15) is 0 Å². The van der Waals surface area contributed by atoms with Crippen LogP contribution in [0.5, 0.6) is 5.75 Å². The number of sulfonamides is 1. The van der Waals surface area contributed by atoms with Crippen molar-refractivity contribution in [2.24, 2.45) is 0 Å². The summed E-state index contributed by atoms with van der Waals surface area (Å²) in [6.07, 6.45) is 0.0660. The highest BCUT2D eigenvalue weighted by Gasteiger charge is 2.13. The molecule has 1 amide bonds. The zero-order valence-electron chi connectivity index (χ0n) is 14.1. The van der Waals surface area contributed by atoms with Crippen LogP contribution in [0.25, 0.3) is 0 Å². The van der Waals surface area contributed by atoms with Gasteiger partial charge in [0.1, 0.15) is 12.4 Å². The first kappa shape index (κ1) is 19.0. The van der Waals surface area contributed by atoms with E-state index in [9.17, 15) is 13.2 Å². The molecule has 2 aromatic rings. The van der Waals surface area contributed by atoms with Crippen molar-refractivity contribution in [3.63, 3.8) is 0 Å². The second-order valence-electron chi connectivity index (χ2n) is 5.48.